The van der Waals surface area contributed by atoms with Gasteiger partial charge < -0.3 is 20.1 Å². The molecule has 0 amide bonds. The van der Waals surface area contributed by atoms with Gasteiger partial charge >= 0.3 is 0 Å². The number of anilines is 1. The van der Waals surface area contributed by atoms with Crippen molar-refractivity contribution in [3.63, 3.8) is 0 Å². The molecule has 0 spiro atoms. The molecule has 3 N–H and O–H groups in total. The number of rotatable bonds is 2. The van der Waals surface area contributed by atoms with E-state index in [1.54, 1.807) is 0 Å². The van der Waals surface area contributed by atoms with Gasteiger partial charge in [0.25, 0.3) is 0 Å². The van der Waals surface area contributed by atoms with Crippen LogP contribution >= 0.6 is 11.6 Å². The Morgan fingerprint density at radius 1 is 1.50 bits per heavy atom. The average Bonchev–Trinajstić information content (AvgIpc) is 2.93. The Morgan fingerprint density at radius 2 is 2.33 bits per heavy atom. The molecule has 1 aliphatic heterocycles. The zero-order valence-electron chi connectivity index (χ0n) is 9.58. The van der Waals surface area contributed by atoms with Crippen LogP contribution in [0.4, 0.5) is 5.82 Å². The van der Waals surface area contributed by atoms with Crippen molar-refractivity contribution in [2.75, 3.05) is 12.3 Å². The van der Waals surface area contributed by atoms with Crippen LogP contribution in [-0.4, -0.2) is 32.4 Å². The molecule has 0 bridgehead atoms. The van der Waals surface area contributed by atoms with E-state index in [9.17, 15) is 0 Å². The molecule has 96 valence electrons. The minimum absolute atomic E-state index is 0.0353. The van der Waals surface area contributed by atoms with Gasteiger partial charge in [-0.2, -0.15) is 4.98 Å². The molecule has 3 rings (SSSR count). The highest BCUT2D eigenvalue weighted by molar-refractivity contribution is 6.28. The van der Waals surface area contributed by atoms with E-state index < -0.39 is 0 Å². The van der Waals surface area contributed by atoms with E-state index in [0.29, 0.717) is 11.5 Å². The third-order valence-electron chi connectivity index (χ3n) is 3.17. The zero-order chi connectivity index (χ0) is 12.7. The quantitative estimate of drug-likeness (QED) is 0.803. The van der Waals surface area contributed by atoms with E-state index in [0.717, 1.165) is 18.2 Å². The van der Waals surface area contributed by atoms with Crippen molar-refractivity contribution < 1.29 is 9.84 Å². The average molecular weight is 269 g/mol. The third-order valence-corrected chi connectivity index (χ3v) is 3.34. The van der Waals surface area contributed by atoms with E-state index in [-0.39, 0.29) is 24.2 Å². The van der Waals surface area contributed by atoms with Crippen LogP contribution in [0.1, 0.15) is 19.1 Å². The number of aliphatic hydroxyl groups excluding tert-OH is 1. The molecule has 3 heterocycles. The Labute approximate surface area is 108 Å². The highest BCUT2D eigenvalue weighted by Crippen LogP contribution is 2.32. The summed E-state index contributed by atoms with van der Waals surface area (Å²) < 4.78 is 7.60. The highest BCUT2D eigenvalue weighted by atomic mass is 35.5. The van der Waals surface area contributed by atoms with Crippen LogP contribution in [0.25, 0.3) is 11.0 Å². The van der Waals surface area contributed by atoms with Crippen LogP contribution < -0.4 is 5.73 Å². The molecule has 6 nitrogen and oxygen atoms in total. The second kappa shape index (κ2) is 4.38. The van der Waals surface area contributed by atoms with Crippen molar-refractivity contribution in [3.05, 3.63) is 17.5 Å². The van der Waals surface area contributed by atoms with Gasteiger partial charge in [-0.3, -0.25) is 0 Å². The van der Waals surface area contributed by atoms with Gasteiger partial charge in [0.2, 0.25) is 5.28 Å². The molecule has 0 saturated carbocycles. The number of halogens is 1. The van der Waals surface area contributed by atoms with Gasteiger partial charge in [-0.05, 0) is 30.5 Å². The van der Waals surface area contributed by atoms with Gasteiger partial charge in [-0.25, -0.2) is 4.98 Å². The maximum atomic E-state index is 9.08. The maximum absolute atomic E-state index is 9.08. The molecular formula is C11H13ClN4O2. The molecule has 0 aliphatic carbocycles. The van der Waals surface area contributed by atoms with E-state index in [1.807, 2.05) is 16.8 Å². The molecule has 2 aromatic rings. The number of nitrogens with zero attached hydrogens (tertiary/aromatic N) is 3. The van der Waals surface area contributed by atoms with Crippen LogP contribution in [0.5, 0.6) is 0 Å². The summed E-state index contributed by atoms with van der Waals surface area (Å²) in [5.74, 6) is 0.362. The molecule has 2 unspecified atom stereocenters. The Balaban J connectivity index is 2.03. The first-order chi connectivity index (χ1) is 8.69. The van der Waals surface area contributed by atoms with Crippen molar-refractivity contribution in [1.29, 1.82) is 0 Å². The molecule has 18 heavy (non-hydrogen) atoms. The second-order valence-electron chi connectivity index (χ2n) is 4.31. The first kappa shape index (κ1) is 11.7. The minimum atomic E-state index is -0.134. The predicted molar refractivity (Wildman–Crippen MR) is 67.2 cm³/mol. The summed E-state index contributed by atoms with van der Waals surface area (Å²) in [6.07, 6.45) is 3.27. The number of aromatic nitrogens is 3. The van der Waals surface area contributed by atoms with E-state index in [4.69, 9.17) is 27.2 Å². The largest absolute Gasteiger partial charge is 0.394 e. The number of nitrogen functional groups attached to an aromatic ring is 1. The number of fused-ring (bicyclic) bond motifs is 1. The lowest BCUT2D eigenvalue weighted by Gasteiger charge is -2.14. The van der Waals surface area contributed by atoms with Crippen LogP contribution in [0.15, 0.2) is 12.3 Å². The van der Waals surface area contributed by atoms with Crippen molar-refractivity contribution in [2.24, 2.45) is 0 Å². The van der Waals surface area contributed by atoms with Crippen molar-refractivity contribution >= 4 is 28.5 Å². The number of nitrogens with two attached hydrogens (primary N) is 1. The summed E-state index contributed by atoms with van der Waals surface area (Å²) in [6, 6.07) is 1.84. The van der Waals surface area contributed by atoms with E-state index >= 15 is 0 Å². The van der Waals surface area contributed by atoms with Crippen LogP contribution in [0, 0.1) is 0 Å². The summed E-state index contributed by atoms with van der Waals surface area (Å²) in [4.78, 5) is 8.10. The summed E-state index contributed by atoms with van der Waals surface area (Å²) in [5.41, 5.74) is 6.46. The summed E-state index contributed by atoms with van der Waals surface area (Å²) >= 11 is 5.82. The second-order valence-corrected chi connectivity index (χ2v) is 4.65. The molecule has 1 saturated heterocycles. The molecule has 2 aromatic heterocycles. The first-order valence-corrected chi connectivity index (χ1v) is 6.12. The normalized spacial score (nSPS) is 23.9. The molecule has 0 aromatic carbocycles. The minimum Gasteiger partial charge on any atom is -0.394 e. The lowest BCUT2D eigenvalue weighted by Crippen LogP contribution is -2.14. The third kappa shape index (κ3) is 1.82. The molecule has 1 aliphatic rings. The monoisotopic (exact) mass is 268 g/mol. The molecule has 0 radical (unpaired) electrons. The molecule has 7 heteroatoms. The van der Waals surface area contributed by atoms with Gasteiger partial charge in [0.15, 0.2) is 0 Å². The number of hydrogen-bond donors (Lipinski definition) is 2. The van der Waals surface area contributed by atoms with Crippen molar-refractivity contribution in [1.82, 2.24) is 14.5 Å². The standard InChI is InChI=1S/C11H13ClN4O2/c12-11-14-9(13)7-3-4-16(10(7)15-11)8-2-1-6(5-17)18-8/h3-4,6,8,17H,1-2,5H2,(H2,13,14,15). The summed E-state index contributed by atoms with van der Waals surface area (Å²) in [7, 11) is 0. The topological polar surface area (TPSA) is 86.2 Å². The molecule has 2 atom stereocenters. The highest BCUT2D eigenvalue weighted by Gasteiger charge is 2.27. The number of ether oxygens (including phenoxy) is 1. The van der Waals surface area contributed by atoms with Crippen LogP contribution in [0.3, 0.4) is 0 Å². The predicted octanol–water partition coefficient (Wildman–Crippen LogP) is 1.34. The van der Waals surface area contributed by atoms with Crippen LogP contribution in [-0.2, 0) is 4.74 Å². The fourth-order valence-electron chi connectivity index (χ4n) is 2.29. The fraction of sp³-hybridized carbons (Fsp3) is 0.455. The molecule has 1 fully saturated rings. The lowest BCUT2D eigenvalue weighted by molar-refractivity contribution is -0.0204. The number of hydrogen-bond acceptors (Lipinski definition) is 5. The van der Waals surface area contributed by atoms with Gasteiger partial charge in [-0.15, -0.1) is 0 Å². The fourth-order valence-corrected chi connectivity index (χ4v) is 2.46. The zero-order valence-corrected chi connectivity index (χ0v) is 10.3. The van der Waals surface area contributed by atoms with E-state index in [2.05, 4.69) is 9.97 Å². The Kier molecular flexibility index (Phi) is 2.85. The molecular weight excluding hydrogens is 256 g/mol. The van der Waals surface area contributed by atoms with Gasteiger partial charge in [0, 0.05) is 6.20 Å². The Morgan fingerprint density at radius 3 is 3.06 bits per heavy atom. The van der Waals surface area contributed by atoms with Crippen LogP contribution in [0.2, 0.25) is 5.28 Å². The van der Waals surface area contributed by atoms with Crippen molar-refractivity contribution in [3.8, 4) is 0 Å². The Bertz CT molecular complexity index is 586. The maximum Gasteiger partial charge on any atom is 0.226 e. The van der Waals surface area contributed by atoms with Crippen molar-refractivity contribution in [2.45, 2.75) is 25.2 Å². The summed E-state index contributed by atoms with van der Waals surface area (Å²) in [5, 5.41) is 9.96. The van der Waals surface area contributed by atoms with E-state index in [1.165, 1.54) is 0 Å². The lowest BCUT2D eigenvalue weighted by atomic mass is 10.2. The van der Waals surface area contributed by atoms with Gasteiger partial charge in [0.05, 0.1) is 18.1 Å². The smallest absolute Gasteiger partial charge is 0.226 e. The number of aliphatic hydroxyl groups is 1. The Hall–Kier alpha value is -1.37. The van der Waals surface area contributed by atoms with Gasteiger partial charge in [-0.1, -0.05) is 0 Å². The summed E-state index contributed by atoms with van der Waals surface area (Å²) in [6.45, 7) is 0.0353. The van der Waals surface area contributed by atoms with Gasteiger partial charge in [0.1, 0.15) is 17.7 Å². The SMILES string of the molecule is Nc1nc(Cl)nc2c1ccn2C1CCC(CO)O1. The first-order valence-electron chi connectivity index (χ1n) is 5.75.